The van der Waals surface area contributed by atoms with Crippen molar-refractivity contribution in [2.45, 2.75) is 19.1 Å². The van der Waals surface area contributed by atoms with Gasteiger partial charge in [-0.2, -0.15) is 0 Å². The molecule has 6 heteroatoms. The summed E-state index contributed by atoms with van der Waals surface area (Å²) in [6, 6.07) is 8.32. The predicted molar refractivity (Wildman–Crippen MR) is 82.4 cm³/mol. The topological polar surface area (TPSA) is 94.1 Å². The third kappa shape index (κ3) is 3.92. The third-order valence-corrected chi connectivity index (χ3v) is 3.51. The molecule has 0 amide bonds. The minimum absolute atomic E-state index is 0.0139. The van der Waals surface area contributed by atoms with Gasteiger partial charge < -0.3 is 19.7 Å². The molecular formula is C16H21NO5. The van der Waals surface area contributed by atoms with Gasteiger partial charge in [0.05, 0.1) is 0 Å². The maximum atomic E-state index is 11.7. The van der Waals surface area contributed by atoms with Crippen molar-refractivity contribution in [3.8, 4) is 0 Å². The fourth-order valence-electron chi connectivity index (χ4n) is 2.45. The van der Waals surface area contributed by atoms with Crippen molar-refractivity contribution >= 4 is 11.0 Å². The summed E-state index contributed by atoms with van der Waals surface area (Å²) in [4.78, 5) is 13.4. The molecule has 1 aromatic heterocycles. The van der Waals surface area contributed by atoms with Crippen LogP contribution < -0.4 is 5.63 Å². The Balaban J connectivity index is 2.36. The predicted octanol–water partition coefficient (Wildman–Crippen LogP) is 0.851. The molecular weight excluding hydrogens is 286 g/mol. The third-order valence-electron chi connectivity index (χ3n) is 3.51. The van der Waals surface area contributed by atoms with Crippen molar-refractivity contribution in [1.29, 1.82) is 0 Å². The van der Waals surface area contributed by atoms with Crippen LogP contribution in [0.15, 0.2) is 39.5 Å². The molecule has 2 aromatic rings. The summed E-state index contributed by atoms with van der Waals surface area (Å²) >= 11 is 0. The highest BCUT2D eigenvalue weighted by atomic mass is 16.4. The Morgan fingerprint density at radius 3 is 2.36 bits per heavy atom. The molecule has 2 rings (SSSR count). The Bertz CT molecular complexity index is 646. The lowest BCUT2D eigenvalue weighted by Crippen LogP contribution is -2.32. The molecule has 0 aliphatic carbocycles. The molecule has 6 nitrogen and oxygen atoms in total. The Kier molecular flexibility index (Phi) is 6.09. The van der Waals surface area contributed by atoms with Crippen molar-refractivity contribution < 1.29 is 19.7 Å². The van der Waals surface area contributed by atoms with E-state index in [1.165, 1.54) is 6.07 Å². The maximum absolute atomic E-state index is 11.7. The van der Waals surface area contributed by atoms with E-state index in [1.807, 2.05) is 6.07 Å². The van der Waals surface area contributed by atoms with E-state index in [-0.39, 0.29) is 13.2 Å². The molecule has 0 fully saturated rings. The van der Waals surface area contributed by atoms with Crippen LogP contribution in [-0.2, 0) is 0 Å². The maximum Gasteiger partial charge on any atom is 0.336 e. The fraction of sp³-hybridized carbons (Fsp3) is 0.438. The van der Waals surface area contributed by atoms with Crippen LogP contribution in [0.5, 0.6) is 0 Å². The second-order valence-corrected chi connectivity index (χ2v) is 5.08. The Morgan fingerprint density at radius 2 is 1.73 bits per heavy atom. The molecule has 0 radical (unpaired) electrons. The van der Waals surface area contributed by atoms with Gasteiger partial charge in [-0.05, 0) is 18.9 Å². The Labute approximate surface area is 128 Å². The molecule has 0 aliphatic heterocycles. The second kappa shape index (κ2) is 8.05. The van der Waals surface area contributed by atoms with Gasteiger partial charge in [0.25, 0.3) is 0 Å². The molecule has 0 spiro atoms. The molecule has 1 unspecified atom stereocenters. The molecule has 0 bridgehead atoms. The second-order valence-electron chi connectivity index (χ2n) is 5.08. The van der Waals surface area contributed by atoms with Crippen LogP contribution in [0.2, 0.25) is 0 Å². The van der Waals surface area contributed by atoms with E-state index in [9.17, 15) is 9.90 Å². The van der Waals surface area contributed by atoms with E-state index in [2.05, 4.69) is 0 Å². The standard InChI is InChI=1S/C16H21NO5/c18-9-3-7-17(8-4-10-19)16(21)13-11-15(20)22-14-6-2-1-5-12(13)14/h1-2,5-6,11,16,18-19,21H,3-4,7-10H2. The first-order valence-corrected chi connectivity index (χ1v) is 7.34. The summed E-state index contributed by atoms with van der Waals surface area (Å²) < 4.78 is 5.13. The summed E-state index contributed by atoms with van der Waals surface area (Å²) in [5.41, 5.74) is 0.382. The lowest BCUT2D eigenvalue weighted by molar-refractivity contribution is -0.00383. The van der Waals surface area contributed by atoms with Gasteiger partial charge in [0.2, 0.25) is 0 Å². The van der Waals surface area contributed by atoms with Crippen LogP contribution in [0, 0.1) is 0 Å². The van der Waals surface area contributed by atoms with Crippen LogP contribution in [0.25, 0.3) is 11.0 Å². The van der Waals surface area contributed by atoms with E-state index in [4.69, 9.17) is 14.6 Å². The van der Waals surface area contributed by atoms with E-state index < -0.39 is 11.9 Å². The van der Waals surface area contributed by atoms with Gasteiger partial charge in [0.15, 0.2) is 0 Å². The monoisotopic (exact) mass is 307 g/mol. The molecule has 1 heterocycles. The highest BCUT2D eigenvalue weighted by molar-refractivity contribution is 5.80. The summed E-state index contributed by atoms with van der Waals surface area (Å²) in [5, 5.41) is 29.3. The number of benzene rings is 1. The van der Waals surface area contributed by atoms with E-state index in [0.29, 0.717) is 42.5 Å². The summed E-state index contributed by atoms with van der Waals surface area (Å²) in [7, 11) is 0. The van der Waals surface area contributed by atoms with Gasteiger partial charge in [-0.25, -0.2) is 4.79 Å². The zero-order valence-corrected chi connectivity index (χ0v) is 12.3. The molecule has 0 saturated carbocycles. The molecule has 0 saturated heterocycles. The number of rotatable bonds is 8. The molecule has 3 N–H and O–H groups in total. The molecule has 0 aliphatic rings. The zero-order chi connectivity index (χ0) is 15.9. The number of aliphatic hydroxyl groups is 3. The lowest BCUT2D eigenvalue weighted by Gasteiger charge is -2.28. The van der Waals surface area contributed by atoms with Gasteiger partial charge in [-0.15, -0.1) is 0 Å². The Hall–Kier alpha value is -1.73. The van der Waals surface area contributed by atoms with Crippen molar-refractivity contribution in [3.63, 3.8) is 0 Å². The largest absolute Gasteiger partial charge is 0.423 e. The Morgan fingerprint density at radius 1 is 1.09 bits per heavy atom. The number of nitrogens with zero attached hydrogens (tertiary/aromatic N) is 1. The van der Waals surface area contributed by atoms with E-state index >= 15 is 0 Å². The summed E-state index contributed by atoms with van der Waals surface area (Å²) in [6.45, 7) is 0.957. The minimum Gasteiger partial charge on any atom is -0.423 e. The van der Waals surface area contributed by atoms with E-state index in [1.54, 1.807) is 23.1 Å². The number of fused-ring (bicyclic) bond motifs is 1. The number of hydrogen-bond acceptors (Lipinski definition) is 6. The SMILES string of the molecule is O=c1cc(C(O)N(CCCO)CCCO)c2ccccc2o1. The minimum atomic E-state index is -0.993. The van der Waals surface area contributed by atoms with Crippen LogP contribution in [0.3, 0.4) is 0 Å². The molecule has 1 atom stereocenters. The first-order chi connectivity index (χ1) is 10.7. The number of para-hydroxylation sites is 1. The highest BCUT2D eigenvalue weighted by Gasteiger charge is 2.20. The van der Waals surface area contributed by atoms with Gasteiger partial charge in [0, 0.05) is 43.3 Å². The first kappa shape index (κ1) is 16.6. The van der Waals surface area contributed by atoms with Crippen molar-refractivity contribution in [3.05, 3.63) is 46.3 Å². The van der Waals surface area contributed by atoms with Crippen molar-refractivity contribution in [1.82, 2.24) is 4.90 Å². The fourth-order valence-corrected chi connectivity index (χ4v) is 2.45. The van der Waals surface area contributed by atoms with Crippen LogP contribution >= 0.6 is 0 Å². The van der Waals surface area contributed by atoms with E-state index in [0.717, 1.165) is 0 Å². The molecule has 1 aromatic carbocycles. The average Bonchev–Trinajstić information content (AvgIpc) is 2.53. The highest BCUT2D eigenvalue weighted by Crippen LogP contribution is 2.25. The quantitative estimate of drug-likeness (QED) is 0.494. The average molecular weight is 307 g/mol. The lowest BCUT2D eigenvalue weighted by atomic mass is 10.1. The summed E-state index contributed by atoms with van der Waals surface area (Å²) in [6.07, 6.45) is 0.0103. The van der Waals surface area contributed by atoms with Crippen LogP contribution in [-0.4, -0.2) is 46.5 Å². The summed E-state index contributed by atoms with van der Waals surface area (Å²) in [5.74, 6) is 0. The van der Waals surface area contributed by atoms with Crippen LogP contribution in [0.4, 0.5) is 0 Å². The van der Waals surface area contributed by atoms with Gasteiger partial charge in [0.1, 0.15) is 11.8 Å². The van der Waals surface area contributed by atoms with Crippen molar-refractivity contribution in [2.75, 3.05) is 26.3 Å². The van der Waals surface area contributed by atoms with Crippen LogP contribution in [0.1, 0.15) is 24.6 Å². The normalized spacial score (nSPS) is 12.9. The van der Waals surface area contributed by atoms with Gasteiger partial charge in [-0.1, -0.05) is 18.2 Å². The van der Waals surface area contributed by atoms with Gasteiger partial charge >= 0.3 is 5.63 Å². The van der Waals surface area contributed by atoms with Crippen molar-refractivity contribution in [2.24, 2.45) is 0 Å². The zero-order valence-electron chi connectivity index (χ0n) is 12.3. The van der Waals surface area contributed by atoms with Gasteiger partial charge in [-0.3, -0.25) is 4.90 Å². The smallest absolute Gasteiger partial charge is 0.336 e. The molecule has 120 valence electrons. The number of hydrogen-bond donors (Lipinski definition) is 3. The first-order valence-electron chi connectivity index (χ1n) is 7.34. The molecule has 22 heavy (non-hydrogen) atoms. The number of aliphatic hydroxyl groups excluding tert-OH is 3.